The minimum atomic E-state index is -0.0128. The van der Waals surface area contributed by atoms with Crippen LogP contribution in [0.2, 0.25) is 10.0 Å². The average molecular weight is 522 g/mol. The predicted molar refractivity (Wildman–Crippen MR) is 145 cm³/mol. The van der Waals surface area contributed by atoms with Crippen molar-refractivity contribution in [1.82, 2.24) is 14.8 Å². The quantitative estimate of drug-likeness (QED) is 0.429. The number of piperazine rings is 1. The highest BCUT2D eigenvalue weighted by Crippen LogP contribution is 2.33. The molecule has 5 nitrogen and oxygen atoms in total. The number of halogens is 3. The Bertz CT molecular complexity index is 1110. The molecule has 34 heavy (non-hydrogen) atoms. The summed E-state index contributed by atoms with van der Waals surface area (Å²) in [6.45, 7) is 9.99. The fourth-order valence-electron chi connectivity index (χ4n) is 4.50. The number of carbonyl (C=O) groups excluding carboxylic acids is 1. The van der Waals surface area contributed by atoms with Gasteiger partial charge in [0.2, 0.25) is 0 Å². The van der Waals surface area contributed by atoms with E-state index in [1.54, 1.807) is 0 Å². The Morgan fingerprint density at radius 2 is 1.71 bits per heavy atom. The van der Waals surface area contributed by atoms with Gasteiger partial charge in [0.1, 0.15) is 0 Å². The predicted octanol–water partition coefficient (Wildman–Crippen LogP) is 5.76. The number of benzene rings is 2. The van der Waals surface area contributed by atoms with Gasteiger partial charge in [0.25, 0.3) is 5.91 Å². The van der Waals surface area contributed by atoms with E-state index in [-0.39, 0.29) is 18.3 Å². The molecule has 0 aliphatic carbocycles. The van der Waals surface area contributed by atoms with E-state index in [0.717, 1.165) is 67.5 Å². The van der Waals surface area contributed by atoms with Gasteiger partial charge in [0.05, 0.1) is 21.3 Å². The summed E-state index contributed by atoms with van der Waals surface area (Å²) < 4.78 is 2.20. The highest BCUT2D eigenvalue weighted by Gasteiger charge is 2.21. The first-order chi connectivity index (χ1) is 16.0. The maximum absolute atomic E-state index is 12.9. The number of nitrogens with one attached hydrogen (secondary N) is 1. The van der Waals surface area contributed by atoms with E-state index in [1.807, 2.05) is 49.4 Å². The summed E-state index contributed by atoms with van der Waals surface area (Å²) in [5.41, 5.74) is 4.94. The zero-order valence-corrected chi connectivity index (χ0v) is 21.9. The second kappa shape index (κ2) is 12.0. The topological polar surface area (TPSA) is 40.5 Å². The minimum absolute atomic E-state index is 0. The van der Waals surface area contributed by atoms with Crippen LogP contribution in [-0.4, -0.2) is 54.6 Å². The molecule has 0 bridgehead atoms. The lowest BCUT2D eigenvalue weighted by molar-refractivity contribution is 0.0947. The lowest BCUT2D eigenvalue weighted by Crippen LogP contribution is -2.48. The van der Waals surface area contributed by atoms with Crippen LogP contribution in [0.4, 0.5) is 5.69 Å². The minimum Gasteiger partial charge on any atom is -0.368 e. The molecule has 3 aromatic rings. The van der Waals surface area contributed by atoms with E-state index in [9.17, 15) is 4.79 Å². The van der Waals surface area contributed by atoms with Crippen molar-refractivity contribution in [2.75, 3.05) is 44.2 Å². The first-order valence-corrected chi connectivity index (χ1v) is 12.2. The molecule has 1 fully saturated rings. The van der Waals surface area contributed by atoms with Crippen LogP contribution in [0.15, 0.2) is 54.6 Å². The van der Waals surface area contributed by atoms with Gasteiger partial charge in [-0.15, -0.1) is 12.4 Å². The molecular weight excluding hydrogens is 491 g/mol. The molecule has 0 unspecified atom stereocenters. The highest BCUT2D eigenvalue weighted by atomic mass is 35.5. The maximum atomic E-state index is 12.9. The van der Waals surface area contributed by atoms with Gasteiger partial charge >= 0.3 is 0 Å². The summed E-state index contributed by atoms with van der Waals surface area (Å²) in [7, 11) is 0. The number of hydrogen-bond donors (Lipinski definition) is 1. The third-order valence-electron chi connectivity index (χ3n) is 6.35. The molecule has 2 heterocycles. The van der Waals surface area contributed by atoms with Gasteiger partial charge in [-0.3, -0.25) is 9.69 Å². The summed E-state index contributed by atoms with van der Waals surface area (Å²) in [5.74, 6) is -0.0128. The Morgan fingerprint density at radius 3 is 2.38 bits per heavy atom. The van der Waals surface area contributed by atoms with E-state index in [1.165, 1.54) is 0 Å². The molecule has 1 aliphatic heterocycles. The first-order valence-electron chi connectivity index (χ1n) is 11.4. The molecular formula is C26H31Cl3N4O. The monoisotopic (exact) mass is 520 g/mol. The second-order valence-electron chi connectivity index (χ2n) is 8.30. The Kier molecular flexibility index (Phi) is 9.31. The van der Waals surface area contributed by atoms with Gasteiger partial charge in [-0.25, -0.2) is 0 Å². The van der Waals surface area contributed by atoms with Crippen molar-refractivity contribution in [1.29, 1.82) is 0 Å². The largest absolute Gasteiger partial charge is 0.368 e. The lowest BCUT2D eigenvalue weighted by Gasteiger charge is -2.36. The molecule has 2 aromatic carbocycles. The molecule has 1 saturated heterocycles. The van der Waals surface area contributed by atoms with Crippen molar-refractivity contribution < 1.29 is 4.79 Å². The van der Waals surface area contributed by atoms with E-state index < -0.39 is 0 Å². The molecule has 0 atom stereocenters. The highest BCUT2D eigenvalue weighted by molar-refractivity contribution is 6.43. The number of anilines is 1. The molecule has 1 amide bonds. The fourth-order valence-corrected chi connectivity index (χ4v) is 4.92. The van der Waals surface area contributed by atoms with Crippen molar-refractivity contribution >= 4 is 47.2 Å². The van der Waals surface area contributed by atoms with Crippen LogP contribution in [-0.2, 0) is 6.54 Å². The number of rotatable bonds is 7. The van der Waals surface area contributed by atoms with Crippen LogP contribution in [0.25, 0.3) is 11.3 Å². The molecule has 182 valence electrons. The molecule has 1 aromatic heterocycles. The zero-order valence-electron chi connectivity index (χ0n) is 19.6. The normalized spacial score (nSPS) is 14.1. The second-order valence-corrected chi connectivity index (χ2v) is 9.08. The van der Waals surface area contributed by atoms with E-state index in [0.29, 0.717) is 16.6 Å². The summed E-state index contributed by atoms with van der Waals surface area (Å²) in [4.78, 5) is 17.6. The third kappa shape index (κ3) is 5.72. The van der Waals surface area contributed by atoms with Crippen molar-refractivity contribution in [2.24, 2.45) is 0 Å². The van der Waals surface area contributed by atoms with Crippen LogP contribution in [0.5, 0.6) is 0 Å². The molecule has 1 N–H and O–H groups in total. The zero-order chi connectivity index (χ0) is 23.4. The van der Waals surface area contributed by atoms with Gasteiger partial charge in [-0.05, 0) is 37.6 Å². The van der Waals surface area contributed by atoms with Crippen molar-refractivity contribution in [3.63, 3.8) is 0 Å². The Morgan fingerprint density at radius 1 is 1.00 bits per heavy atom. The van der Waals surface area contributed by atoms with Gasteiger partial charge in [-0.1, -0.05) is 59.6 Å². The Hall–Kier alpha value is -2.18. The molecule has 0 saturated carbocycles. The van der Waals surface area contributed by atoms with E-state index >= 15 is 0 Å². The molecule has 8 heteroatoms. The summed E-state index contributed by atoms with van der Waals surface area (Å²) in [6.07, 6.45) is 0. The van der Waals surface area contributed by atoms with Crippen LogP contribution in [0, 0.1) is 6.92 Å². The van der Waals surface area contributed by atoms with Crippen LogP contribution in [0.3, 0.4) is 0 Å². The Balaban J connectivity index is 0.00000324. The van der Waals surface area contributed by atoms with Gasteiger partial charge in [0.15, 0.2) is 0 Å². The molecule has 4 rings (SSSR count). The summed E-state index contributed by atoms with van der Waals surface area (Å²) >= 11 is 12.5. The Labute approximate surface area is 218 Å². The van der Waals surface area contributed by atoms with Gasteiger partial charge in [-0.2, -0.15) is 0 Å². The first kappa shape index (κ1) is 26.4. The SMILES string of the molecule is CCn1c(-c2ccccc2)cc(C(=O)NCCN2CCN(c3cccc(Cl)c3Cl)CC2)c1C.Cl. The van der Waals surface area contributed by atoms with Crippen LogP contribution in [0.1, 0.15) is 23.0 Å². The number of hydrogen-bond acceptors (Lipinski definition) is 3. The van der Waals surface area contributed by atoms with Crippen molar-refractivity contribution in [2.45, 2.75) is 20.4 Å². The maximum Gasteiger partial charge on any atom is 0.253 e. The van der Waals surface area contributed by atoms with Crippen molar-refractivity contribution in [3.05, 3.63) is 75.9 Å². The standard InChI is InChI=1S/C26H30Cl2N4O.ClH/c1-3-32-19(2)21(18-24(32)20-8-5-4-6-9-20)26(33)29-12-13-30-14-16-31(17-15-30)23-11-7-10-22(27)25(23)28;/h4-11,18H,3,12-17H2,1-2H3,(H,29,33);1H. The average Bonchev–Trinajstić information content (AvgIpc) is 3.18. The smallest absolute Gasteiger partial charge is 0.253 e. The molecule has 0 radical (unpaired) electrons. The van der Waals surface area contributed by atoms with Crippen molar-refractivity contribution in [3.8, 4) is 11.3 Å². The number of aromatic nitrogens is 1. The number of amides is 1. The fraction of sp³-hybridized carbons (Fsp3) is 0.346. The van der Waals surface area contributed by atoms with Crippen LogP contribution >= 0.6 is 35.6 Å². The summed E-state index contributed by atoms with van der Waals surface area (Å²) in [6, 6.07) is 18.0. The third-order valence-corrected chi connectivity index (χ3v) is 7.16. The number of nitrogens with zero attached hydrogens (tertiary/aromatic N) is 3. The van der Waals surface area contributed by atoms with Gasteiger partial charge in [0, 0.05) is 57.2 Å². The van der Waals surface area contributed by atoms with E-state index in [4.69, 9.17) is 23.2 Å². The molecule has 0 spiro atoms. The number of carbonyl (C=O) groups is 1. The van der Waals surface area contributed by atoms with Gasteiger partial charge < -0.3 is 14.8 Å². The van der Waals surface area contributed by atoms with E-state index in [2.05, 4.69) is 38.7 Å². The molecule has 1 aliphatic rings. The van der Waals surface area contributed by atoms with Crippen LogP contribution < -0.4 is 10.2 Å². The summed E-state index contributed by atoms with van der Waals surface area (Å²) in [5, 5.41) is 4.32. The lowest BCUT2D eigenvalue weighted by atomic mass is 10.1.